The highest BCUT2D eigenvalue weighted by atomic mass is 35.5. The van der Waals surface area contributed by atoms with E-state index in [9.17, 15) is 19.1 Å². The standard InChI is InChI=1S/C14H15ClFNO3/c15-10-8-9(4-5-11(10)16)12(18)17-14(13(19)20)6-2-1-3-7-14/h4-5,8H,1-3,6-7H2,(H,17,18)(H,19,20). The molecule has 20 heavy (non-hydrogen) atoms. The summed E-state index contributed by atoms with van der Waals surface area (Å²) < 4.78 is 13.1. The topological polar surface area (TPSA) is 66.4 Å². The van der Waals surface area contributed by atoms with Crippen molar-refractivity contribution in [1.82, 2.24) is 5.32 Å². The number of benzene rings is 1. The number of carboxylic acid groups (broad SMARTS) is 1. The van der Waals surface area contributed by atoms with Gasteiger partial charge in [-0.2, -0.15) is 0 Å². The van der Waals surface area contributed by atoms with E-state index in [-0.39, 0.29) is 10.6 Å². The first-order valence-electron chi connectivity index (χ1n) is 6.45. The lowest BCUT2D eigenvalue weighted by Gasteiger charge is -2.34. The van der Waals surface area contributed by atoms with Crippen LogP contribution >= 0.6 is 11.6 Å². The largest absolute Gasteiger partial charge is 0.480 e. The lowest BCUT2D eigenvalue weighted by Crippen LogP contribution is -2.55. The first-order valence-corrected chi connectivity index (χ1v) is 6.83. The van der Waals surface area contributed by atoms with Crippen molar-refractivity contribution in [2.75, 3.05) is 0 Å². The van der Waals surface area contributed by atoms with E-state index in [0.717, 1.165) is 25.3 Å². The van der Waals surface area contributed by atoms with E-state index in [1.54, 1.807) is 0 Å². The zero-order valence-electron chi connectivity index (χ0n) is 10.8. The average molecular weight is 300 g/mol. The van der Waals surface area contributed by atoms with Crippen LogP contribution < -0.4 is 5.32 Å². The van der Waals surface area contributed by atoms with Crippen molar-refractivity contribution in [3.63, 3.8) is 0 Å². The molecule has 1 aliphatic carbocycles. The highest BCUT2D eigenvalue weighted by molar-refractivity contribution is 6.31. The minimum absolute atomic E-state index is 0.155. The maximum absolute atomic E-state index is 13.1. The van der Waals surface area contributed by atoms with Gasteiger partial charge in [-0.1, -0.05) is 30.9 Å². The fourth-order valence-electron chi connectivity index (χ4n) is 2.47. The molecule has 0 atom stereocenters. The summed E-state index contributed by atoms with van der Waals surface area (Å²) in [6.07, 6.45) is 3.30. The molecule has 0 bridgehead atoms. The van der Waals surface area contributed by atoms with Crippen LogP contribution in [0.2, 0.25) is 5.02 Å². The van der Waals surface area contributed by atoms with Gasteiger partial charge in [-0.25, -0.2) is 9.18 Å². The van der Waals surface area contributed by atoms with Gasteiger partial charge >= 0.3 is 5.97 Å². The Hall–Kier alpha value is -1.62. The Morgan fingerprint density at radius 3 is 2.45 bits per heavy atom. The molecule has 1 fully saturated rings. The van der Waals surface area contributed by atoms with E-state index in [4.69, 9.17) is 11.6 Å². The number of aliphatic carboxylic acids is 1. The quantitative estimate of drug-likeness (QED) is 0.901. The second kappa shape index (κ2) is 5.79. The number of carbonyl (C=O) groups excluding carboxylic acids is 1. The van der Waals surface area contributed by atoms with Crippen LogP contribution in [0.5, 0.6) is 0 Å². The highest BCUT2D eigenvalue weighted by Crippen LogP contribution is 2.29. The third-order valence-corrected chi connectivity index (χ3v) is 3.94. The molecule has 0 aliphatic heterocycles. The molecule has 0 aromatic heterocycles. The first-order chi connectivity index (χ1) is 9.44. The van der Waals surface area contributed by atoms with Gasteiger partial charge in [0.25, 0.3) is 5.91 Å². The predicted molar refractivity (Wildman–Crippen MR) is 72.3 cm³/mol. The van der Waals surface area contributed by atoms with Gasteiger partial charge in [0, 0.05) is 5.56 Å². The van der Waals surface area contributed by atoms with Crippen LogP contribution in [0.3, 0.4) is 0 Å². The minimum Gasteiger partial charge on any atom is -0.480 e. The van der Waals surface area contributed by atoms with Crippen molar-refractivity contribution in [3.8, 4) is 0 Å². The van der Waals surface area contributed by atoms with Crippen molar-refractivity contribution in [2.45, 2.75) is 37.6 Å². The average Bonchev–Trinajstić information content (AvgIpc) is 2.42. The van der Waals surface area contributed by atoms with Crippen molar-refractivity contribution < 1.29 is 19.1 Å². The van der Waals surface area contributed by atoms with E-state index in [0.29, 0.717) is 12.8 Å². The lowest BCUT2D eigenvalue weighted by molar-refractivity contribution is -0.145. The third kappa shape index (κ3) is 2.93. The molecule has 1 aromatic carbocycles. The van der Waals surface area contributed by atoms with E-state index >= 15 is 0 Å². The summed E-state index contributed by atoms with van der Waals surface area (Å²) in [5.41, 5.74) is -1.07. The predicted octanol–water partition coefficient (Wildman–Crippen LogP) is 3.00. The molecule has 4 nitrogen and oxygen atoms in total. The maximum Gasteiger partial charge on any atom is 0.329 e. The van der Waals surface area contributed by atoms with E-state index in [1.807, 2.05) is 0 Å². The number of hydrogen-bond acceptors (Lipinski definition) is 2. The molecule has 0 unspecified atom stereocenters. The molecule has 1 saturated carbocycles. The lowest BCUT2D eigenvalue weighted by atomic mass is 9.81. The Morgan fingerprint density at radius 2 is 1.90 bits per heavy atom. The summed E-state index contributed by atoms with van der Waals surface area (Å²) in [6, 6.07) is 3.57. The van der Waals surface area contributed by atoms with Gasteiger partial charge in [-0.15, -0.1) is 0 Å². The number of amides is 1. The molecule has 108 valence electrons. The molecule has 0 radical (unpaired) electrons. The maximum atomic E-state index is 13.1. The number of halogens is 2. The molecular formula is C14H15ClFNO3. The number of carboxylic acids is 1. The zero-order chi connectivity index (χ0) is 14.8. The van der Waals surface area contributed by atoms with Crippen LogP contribution in [-0.2, 0) is 4.79 Å². The summed E-state index contributed by atoms with van der Waals surface area (Å²) in [4.78, 5) is 23.6. The molecule has 1 aliphatic rings. The second-order valence-corrected chi connectivity index (χ2v) is 5.44. The summed E-state index contributed by atoms with van der Waals surface area (Å²) in [5.74, 6) is -2.19. The number of rotatable bonds is 3. The van der Waals surface area contributed by atoms with Gasteiger partial charge < -0.3 is 10.4 Å². The Kier molecular flexibility index (Phi) is 4.28. The summed E-state index contributed by atoms with van der Waals surface area (Å²) in [5, 5.41) is 11.8. The number of hydrogen-bond donors (Lipinski definition) is 2. The Morgan fingerprint density at radius 1 is 1.25 bits per heavy atom. The van der Waals surface area contributed by atoms with Crippen LogP contribution in [0, 0.1) is 5.82 Å². The number of carbonyl (C=O) groups is 2. The third-order valence-electron chi connectivity index (χ3n) is 3.65. The van der Waals surface area contributed by atoms with Gasteiger partial charge in [0.1, 0.15) is 11.4 Å². The van der Waals surface area contributed by atoms with Crippen LogP contribution in [0.25, 0.3) is 0 Å². The summed E-state index contributed by atoms with van der Waals surface area (Å²) in [7, 11) is 0. The Labute approximate surface area is 120 Å². The van der Waals surface area contributed by atoms with Crippen LogP contribution in [0.1, 0.15) is 42.5 Å². The van der Waals surface area contributed by atoms with Gasteiger partial charge in [0.15, 0.2) is 0 Å². The molecule has 2 rings (SSSR count). The molecule has 0 saturated heterocycles. The van der Waals surface area contributed by atoms with Crippen molar-refractivity contribution >= 4 is 23.5 Å². The molecule has 2 N–H and O–H groups in total. The SMILES string of the molecule is O=C(NC1(C(=O)O)CCCCC1)c1ccc(F)c(Cl)c1. The van der Waals surface area contributed by atoms with Gasteiger partial charge in [-0.05, 0) is 31.0 Å². The molecule has 6 heteroatoms. The Bertz CT molecular complexity index is 541. The molecule has 0 spiro atoms. The van der Waals surface area contributed by atoms with Crippen molar-refractivity contribution in [2.24, 2.45) is 0 Å². The van der Waals surface area contributed by atoms with E-state index in [1.165, 1.54) is 12.1 Å². The molecular weight excluding hydrogens is 285 g/mol. The monoisotopic (exact) mass is 299 g/mol. The van der Waals surface area contributed by atoms with Crippen molar-refractivity contribution in [3.05, 3.63) is 34.6 Å². The first kappa shape index (κ1) is 14.8. The van der Waals surface area contributed by atoms with Crippen molar-refractivity contribution in [1.29, 1.82) is 0 Å². The Balaban J connectivity index is 2.20. The van der Waals surface area contributed by atoms with E-state index in [2.05, 4.69) is 5.32 Å². The molecule has 0 heterocycles. The van der Waals surface area contributed by atoms with Gasteiger partial charge in [0.05, 0.1) is 5.02 Å². The number of nitrogens with one attached hydrogen (secondary N) is 1. The normalized spacial score (nSPS) is 17.5. The summed E-state index contributed by atoms with van der Waals surface area (Å²) >= 11 is 5.63. The van der Waals surface area contributed by atoms with Gasteiger partial charge in [0.2, 0.25) is 0 Å². The summed E-state index contributed by atoms with van der Waals surface area (Å²) in [6.45, 7) is 0. The van der Waals surface area contributed by atoms with Gasteiger partial charge in [-0.3, -0.25) is 4.79 Å². The van der Waals surface area contributed by atoms with Crippen LogP contribution in [0.15, 0.2) is 18.2 Å². The minimum atomic E-state index is -1.23. The highest BCUT2D eigenvalue weighted by Gasteiger charge is 2.41. The fraction of sp³-hybridized carbons (Fsp3) is 0.429. The van der Waals surface area contributed by atoms with E-state index < -0.39 is 23.2 Å². The second-order valence-electron chi connectivity index (χ2n) is 5.03. The fourth-order valence-corrected chi connectivity index (χ4v) is 2.66. The smallest absolute Gasteiger partial charge is 0.329 e. The molecule has 1 aromatic rings. The molecule has 1 amide bonds. The zero-order valence-corrected chi connectivity index (χ0v) is 11.5. The van der Waals surface area contributed by atoms with Crippen LogP contribution in [-0.4, -0.2) is 22.5 Å². The van der Waals surface area contributed by atoms with Crippen LogP contribution in [0.4, 0.5) is 4.39 Å².